The number of benzene rings is 2. The largest absolute Gasteiger partial charge is 0.493 e. The van der Waals surface area contributed by atoms with Gasteiger partial charge in [-0.2, -0.15) is 0 Å². The second-order valence-electron chi connectivity index (χ2n) is 7.73. The van der Waals surface area contributed by atoms with E-state index in [2.05, 4.69) is 10.1 Å². The highest BCUT2D eigenvalue weighted by Crippen LogP contribution is 2.34. The number of nitrogens with one attached hydrogen (secondary N) is 1. The van der Waals surface area contributed by atoms with E-state index in [1.165, 1.54) is 44.6 Å². The van der Waals surface area contributed by atoms with Crippen LogP contribution in [-0.2, 0) is 22.7 Å². The van der Waals surface area contributed by atoms with Crippen molar-refractivity contribution in [1.82, 2.24) is 10.2 Å². The summed E-state index contributed by atoms with van der Waals surface area (Å²) in [5.41, 5.74) is 1.09. The zero-order chi connectivity index (χ0) is 26.5. The lowest BCUT2D eigenvalue weighted by molar-refractivity contribution is -0.384. The summed E-state index contributed by atoms with van der Waals surface area (Å²) in [6.07, 6.45) is 1.45. The van der Waals surface area contributed by atoms with Gasteiger partial charge in [-0.3, -0.25) is 19.8 Å². The molecule has 3 amide bonds. The minimum Gasteiger partial charge on any atom is -0.493 e. The molecular weight excluding hydrogens is 486 g/mol. The average Bonchev–Trinajstić information content (AvgIpc) is 3.48. The number of ether oxygens (including phenoxy) is 3. The number of imide groups is 1. The molecule has 2 heterocycles. The van der Waals surface area contributed by atoms with Crippen LogP contribution in [0.5, 0.6) is 11.5 Å². The van der Waals surface area contributed by atoms with Gasteiger partial charge in [0.15, 0.2) is 11.5 Å². The van der Waals surface area contributed by atoms with Gasteiger partial charge in [-0.15, -0.1) is 0 Å². The van der Waals surface area contributed by atoms with Crippen LogP contribution in [0.25, 0.3) is 6.08 Å². The first-order chi connectivity index (χ1) is 17.8. The molecule has 1 fully saturated rings. The van der Waals surface area contributed by atoms with E-state index in [0.717, 1.165) is 4.90 Å². The molecule has 1 N–H and O–H groups in total. The molecule has 0 atom stereocenters. The van der Waals surface area contributed by atoms with Crippen molar-refractivity contribution in [2.45, 2.75) is 13.2 Å². The predicted octanol–water partition coefficient (Wildman–Crippen LogP) is 3.65. The maximum absolute atomic E-state index is 13.0. The summed E-state index contributed by atoms with van der Waals surface area (Å²) in [6.45, 7) is -0.122. The van der Waals surface area contributed by atoms with Crippen LogP contribution in [0.3, 0.4) is 0 Å². The minimum absolute atomic E-state index is 0.00168. The Hall–Kier alpha value is -5.13. The lowest BCUT2D eigenvalue weighted by Crippen LogP contribution is -2.30. The van der Waals surface area contributed by atoms with E-state index < -0.39 is 22.8 Å². The first-order valence-corrected chi connectivity index (χ1v) is 10.9. The first-order valence-electron chi connectivity index (χ1n) is 10.9. The van der Waals surface area contributed by atoms with Gasteiger partial charge in [-0.05, 0) is 42.0 Å². The Morgan fingerprint density at radius 2 is 1.86 bits per heavy atom. The number of nitrogens with zero attached hydrogens (tertiary/aromatic N) is 2. The number of nitro groups is 1. The summed E-state index contributed by atoms with van der Waals surface area (Å²) < 4.78 is 21.3. The Kier molecular flexibility index (Phi) is 7.19. The molecule has 0 aliphatic carbocycles. The second-order valence-corrected chi connectivity index (χ2v) is 7.73. The number of hydrogen-bond donors (Lipinski definition) is 1. The van der Waals surface area contributed by atoms with Gasteiger partial charge < -0.3 is 23.9 Å². The molecule has 37 heavy (non-hydrogen) atoms. The quantitative estimate of drug-likeness (QED) is 0.150. The van der Waals surface area contributed by atoms with Gasteiger partial charge in [-0.25, -0.2) is 9.59 Å². The van der Waals surface area contributed by atoms with Crippen molar-refractivity contribution in [3.8, 4) is 11.5 Å². The maximum Gasteiger partial charge on any atom is 0.373 e. The number of para-hydroxylation sites is 1. The summed E-state index contributed by atoms with van der Waals surface area (Å²) in [7, 11) is 2.67. The van der Waals surface area contributed by atoms with Crippen LogP contribution in [0, 0.1) is 10.1 Å². The molecule has 1 aliphatic heterocycles. The second kappa shape index (κ2) is 10.6. The number of furan rings is 1. The maximum atomic E-state index is 13.0. The van der Waals surface area contributed by atoms with Gasteiger partial charge in [0.1, 0.15) is 18.1 Å². The minimum atomic E-state index is -0.677. The smallest absolute Gasteiger partial charge is 0.373 e. The van der Waals surface area contributed by atoms with E-state index in [1.807, 2.05) is 0 Å². The number of carbonyl (C=O) groups excluding carboxylic acids is 3. The van der Waals surface area contributed by atoms with Gasteiger partial charge in [0.25, 0.3) is 11.6 Å². The normalized spacial score (nSPS) is 14.0. The SMILES string of the molecule is COC(=O)c1ccc(CN2C(=O)N/C(=C/c3cccc(OC)c3OCc3ccc([N+](=O)[O-])cc3)C2=O)o1. The van der Waals surface area contributed by atoms with Crippen LogP contribution in [0.1, 0.15) is 27.4 Å². The molecule has 0 saturated carbocycles. The van der Waals surface area contributed by atoms with Gasteiger partial charge in [0, 0.05) is 17.7 Å². The number of nitro benzene ring substituents is 1. The number of urea groups is 1. The number of esters is 1. The van der Waals surface area contributed by atoms with Crippen molar-refractivity contribution in [3.63, 3.8) is 0 Å². The molecule has 1 aromatic heterocycles. The Morgan fingerprint density at radius 1 is 1.11 bits per heavy atom. The molecule has 4 rings (SSSR count). The molecule has 12 nitrogen and oxygen atoms in total. The van der Waals surface area contributed by atoms with E-state index in [-0.39, 0.29) is 36.1 Å². The van der Waals surface area contributed by atoms with Crippen molar-refractivity contribution in [1.29, 1.82) is 0 Å². The van der Waals surface area contributed by atoms with Gasteiger partial charge in [0.2, 0.25) is 5.76 Å². The van der Waals surface area contributed by atoms with Crippen LogP contribution in [-0.4, -0.2) is 42.0 Å². The zero-order valence-electron chi connectivity index (χ0n) is 19.8. The fourth-order valence-corrected chi connectivity index (χ4v) is 3.53. The Bertz CT molecular complexity index is 1390. The van der Waals surface area contributed by atoms with Gasteiger partial charge in [0.05, 0.1) is 25.7 Å². The molecule has 0 bridgehead atoms. The van der Waals surface area contributed by atoms with Crippen molar-refractivity contribution in [2.24, 2.45) is 0 Å². The number of carbonyl (C=O) groups is 3. The van der Waals surface area contributed by atoms with Crippen molar-refractivity contribution in [2.75, 3.05) is 14.2 Å². The molecule has 1 saturated heterocycles. The molecule has 2 aromatic carbocycles. The van der Waals surface area contributed by atoms with E-state index >= 15 is 0 Å². The van der Waals surface area contributed by atoms with Crippen molar-refractivity contribution in [3.05, 3.63) is 93.1 Å². The Balaban J connectivity index is 1.54. The highest BCUT2D eigenvalue weighted by Gasteiger charge is 2.34. The molecule has 1 aliphatic rings. The lowest BCUT2D eigenvalue weighted by atomic mass is 10.1. The molecule has 190 valence electrons. The Morgan fingerprint density at radius 3 is 2.54 bits per heavy atom. The fraction of sp³-hybridized carbons (Fsp3) is 0.160. The first kappa shape index (κ1) is 25.0. The number of rotatable bonds is 9. The summed E-state index contributed by atoms with van der Waals surface area (Å²) >= 11 is 0. The highest BCUT2D eigenvalue weighted by molar-refractivity contribution is 6.14. The zero-order valence-corrected chi connectivity index (χ0v) is 19.8. The summed E-state index contributed by atoms with van der Waals surface area (Å²) in [6, 6.07) is 13.1. The van der Waals surface area contributed by atoms with E-state index in [1.54, 1.807) is 30.3 Å². The number of non-ortho nitro benzene ring substituents is 1. The van der Waals surface area contributed by atoms with Gasteiger partial charge >= 0.3 is 12.0 Å². The number of hydrogen-bond acceptors (Lipinski definition) is 9. The standard InChI is InChI=1S/C25H21N3O9/c1-34-20-5-3-4-16(22(20)36-14-15-6-8-17(9-7-15)28(32)33)12-19-23(29)27(25(31)26-19)13-18-10-11-21(37-18)24(30)35-2/h3-12H,13-14H2,1-2H3,(H,26,31)/b19-12+. The van der Waals surface area contributed by atoms with E-state index in [4.69, 9.17) is 13.9 Å². The van der Waals surface area contributed by atoms with E-state index in [0.29, 0.717) is 22.6 Å². The molecule has 0 spiro atoms. The summed E-state index contributed by atoms with van der Waals surface area (Å²) in [5, 5.41) is 13.4. The molecule has 0 unspecified atom stereocenters. The third kappa shape index (κ3) is 5.42. The molecule has 12 heteroatoms. The van der Waals surface area contributed by atoms with Crippen molar-refractivity contribution < 1.29 is 37.9 Å². The number of methoxy groups -OCH3 is 2. The number of amides is 3. The third-order valence-corrected chi connectivity index (χ3v) is 5.38. The predicted molar refractivity (Wildman–Crippen MR) is 128 cm³/mol. The van der Waals surface area contributed by atoms with Gasteiger partial charge in [-0.1, -0.05) is 12.1 Å². The van der Waals surface area contributed by atoms with Crippen LogP contribution >= 0.6 is 0 Å². The van der Waals surface area contributed by atoms with Crippen LogP contribution in [0.4, 0.5) is 10.5 Å². The van der Waals surface area contributed by atoms with Crippen LogP contribution in [0.2, 0.25) is 0 Å². The lowest BCUT2D eigenvalue weighted by Gasteiger charge is -2.14. The Labute approximate surface area is 210 Å². The van der Waals surface area contributed by atoms with E-state index in [9.17, 15) is 24.5 Å². The summed E-state index contributed by atoms with van der Waals surface area (Å²) in [4.78, 5) is 48.4. The van der Waals surface area contributed by atoms with Crippen LogP contribution in [0.15, 0.2) is 64.7 Å². The molecule has 3 aromatic rings. The summed E-state index contributed by atoms with van der Waals surface area (Å²) in [5.74, 6) is -0.417. The highest BCUT2D eigenvalue weighted by atomic mass is 16.6. The third-order valence-electron chi connectivity index (χ3n) is 5.38. The average molecular weight is 507 g/mol. The monoisotopic (exact) mass is 507 g/mol. The van der Waals surface area contributed by atoms with Crippen molar-refractivity contribution >= 4 is 29.7 Å². The molecule has 0 radical (unpaired) electrons. The fourth-order valence-electron chi connectivity index (χ4n) is 3.53. The topological polar surface area (TPSA) is 150 Å². The molecular formula is C25H21N3O9. The van der Waals surface area contributed by atoms with Crippen LogP contribution < -0.4 is 14.8 Å².